The fourth-order valence-electron chi connectivity index (χ4n) is 1.18. The molecule has 14 heavy (non-hydrogen) atoms. The maximum absolute atomic E-state index is 5.63. The standard InChI is InChI=1S/C10H10N4/c11-7-4-5-13-9(6-7)8-2-1-3-10(12)14-8/h1-6H,(H2,11,13)(H2,12,14). The van der Waals surface area contributed by atoms with Crippen molar-refractivity contribution < 1.29 is 0 Å². The second-order valence-electron chi connectivity index (χ2n) is 2.92. The van der Waals surface area contributed by atoms with E-state index in [1.54, 1.807) is 24.4 Å². The second kappa shape index (κ2) is 3.33. The molecule has 0 bridgehead atoms. The number of rotatable bonds is 1. The molecule has 0 saturated heterocycles. The maximum atomic E-state index is 5.63. The lowest BCUT2D eigenvalue weighted by atomic mass is 10.2. The molecule has 0 saturated carbocycles. The molecule has 0 amide bonds. The smallest absolute Gasteiger partial charge is 0.124 e. The van der Waals surface area contributed by atoms with Crippen LogP contribution in [0.25, 0.3) is 11.4 Å². The fraction of sp³-hybridized carbons (Fsp3) is 0. The van der Waals surface area contributed by atoms with Crippen LogP contribution in [-0.4, -0.2) is 9.97 Å². The summed E-state index contributed by atoms with van der Waals surface area (Å²) in [5.74, 6) is 0.478. The molecule has 0 fully saturated rings. The molecule has 0 atom stereocenters. The van der Waals surface area contributed by atoms with Crippen LogP contribution in [0.15, 0.2) is 36.5 Å². The molecule has 0 aromatic carbocycles. The number of hydrogen-bond acceptors (Lipinski definition) is 4. The minimum Gasteiger partial charge on any atom is -0.399 e. The SMILES string of the molecule is Nc1ccnc(-c2cccc(N)n2)c1. The third-order valence-corrected chi connectivity index (χ3v) is 1.82. The number of aromatic nitrogens is 2. The Bertz CT molecular complexity index is 410. The van der Waals surface area contributed by atoms with Gasteiger partial charge in [-0.1, -0.05) is 6.07 Å². The number of anilines is 2. The van der Waals surface area contributed by atoms with E-state index < -0.39 is 0 Å². The van der Waals surface area contributed by atoms with Gasteiger partial charge >= 0.3 is 0 Å². The zero-order valence-corrected chi connectivity index (χ0v) is 7.51. The van der Waals surface area contributed by atoms with Crippen molar-refractivity contribution in [3.05, 3.63) is 36.5 Å². The van der Waals surface area contributed by atoms with Crippen LogP contribution in [0.5, 0.6) is 0 Å². The molecule has 4 N–H and O–H groups in total. The molecule has 0 aliphatic rings. The first-order chi connectivity index (χ1) is 6.75. The number of nitrogens with zero attached hydrogens (tertiary/aromatic N) is 2. The Morgan fingerprint density at radius 2 is 1.86 bits per heavy atom. The Kier molecular flexibility index (Phi) is 2.02. The van der Waals surface area contributed by atoms with Crippen molar-refractivity contribution in [1.82, 2.24) is 9.97 Å². The number of nitrogen functional groups attached to an aromatic ring is 2. The zero-order chi connectivity index (χ0) is 9.97. The van der Waals surface area contributed by atoms with Gasteiger partial charge in [0.15, 0.2) is 0 Å². The van der Waals surface area contributed by atoms with E-state index >= 15 is 0 Å². The van der Waals surface area contributed by atoms with E-state index in [9.17, 15) is 0 Å². The minimum atomic E-state index is 0.478. The Balaban J connectivity index is 2.49. The van der Waals surface area contributed by atoms with Gasteiger partial charge in [-0.3, -0.25) is 4.98 Å². The Morgan fingerprint density at radius 1 is 1.00 bits per heavy atom. The third kappa shape index (κ3) is 1.64. The van der Waals surface area contributed by atoms with Crippen molar-refractivity contribution in [2.24, 2.45) is 0 Å². The summed E-state index contributed by atoms with van der Waals surface area (Å²) in [6, 6.07) is 8.91. The van der Waals surface area contributed by atoms with Crippen molar-refractivity contribution >= 4 is 11.5 Å². The molecular formula is C10H10N4. The van der Waals surface area contributed by atoms with Crippen molar-refractivity contribution in [3.63, 3.8) is 0 Å². The molecule has 2 aromatic rings. The summed E-state index contributed by atoms with van der Waals surface area (Å²) in [6.45, 7) is 0. The van der Waals surface area contributed by atoms with E-state index in [1.807, 2.05) is 12.1 Å². The van der Waals surface area contributed by atoms with Gasteiger partial charge in [-0.2, -0.15) is 0 Å². The molecule has 2 heterocycles. The first-order valence-corrected chi connectivity index (χ1v) is 4.20. The third-order valence-electron chi connectivity index (χ3n) is 1.82. The van der Waals surface area contributed by atoms with Crippen LogP contribution in [0.1, 0.15) is 0 Å². The predicted molar refractivity (Wildman–Crippen MR) is 56.3 cm³/mol. The molecule has 4 nitrogen and oxygen atoms in total. The van der Waals surface area contributed by atoms with Gasteiger partial charge in [0.2, 0.25) is 0 Å². The Hall–Kier alpha value is -2.10. The summed E-state index contributed by atoms with van der Waals surface area (Å²) in [4.78, 5) is 8.30. The van der Waals surface area contributed by atoms with Gasteiger partial charge in [0, 0.05) is 11.9 Å². The Labute approximate surface area is 81.6 Å². The fourth-order valence-corrected chi connectivity index (χ4v) is 1.18. The lowest BCUT2D eigenvalue weighted by molar-refractivity contribution is 1.25. The molecule has 70 valence electrons. The van der Waals surface area contributed by atoms with Gasteiger partial charge in [-0.25, -0.2) is 4.98 Å². The molecular weight excluding hydrogens is 176 g/mol. The summed E-state index contributed by atoms with van der Waals surface area (Å²) < 4.78 is 0. The normalized spacial score (nSPS) is 10.0. The maximum Gasteiger partial charge on any atom is 0.124 e. The molecule has 2 rings (SSSR count). The van der Waals surface area contributed by atoms with E-state index in [0.29, 0.717) is 11.5 Å². The molecule has 0 unspecified atom stereocenters. The minimum absolute atomic E-state index is 0.478. The zero-order valence-electron chi connectivity index (χ0n) is 7.51. The molecule has 0 aliphatic carbocycles. The molecule has 0 spiro atoms. The predicted octanol–water partition coefficient (Wildman–Crippen LogP) is 1.31. The van der Waals surface area contributed by atoms with Crippen LogP contribution in [0, 0.1) is 0 Å². The van der Waals surface area contributed by atoms with Crippen molar-refractivity contribution in [3.8, 4) is 11.4 Å². The average Bonchev–Trinajstić information content (AvgIpc) is 2.18. The second-order valence-corrected chi connectivity index (χ2v) is 2.92. The highest BCUT2D eigenvalue weighted by Crippen LogP contribution is 2.16. The van der Waals surface area contributed by atoms with Crippen LogP contribution in [0.4, 0.5) is 11.5 Å². The van der Waals surface area contributed by atoms with Gasteiger partial charge in [-0.15, -0.1) is 0 Å². The van der Waals surface area contributed by atoms with E-state index in [-0.39, 0.29) is 0 Å². The van der Waals surface area contributed by atoms with Crippen molar-refractivity contribution in [2.75, 3.05) is 11.5 Å². The van der Waals surface area contributed by atoms with Crippen molar-refractivity contribution in [2.45, 2.75) is 0 Å². The van der Waals surface area contributed by atoms with E-state index in [2.05, 4.69) is 9.97 Å². The molecule has 4 heteroatoms. The summed E-state index contributed by atoms with van der Waals surface area (Å²) in [5, 5.41) is 0. The van der Waals surface area contributed by atoms with Crippen molar-refractivity contribution in [1.29, 1.82) is 0 Å². The van der Waals surface area contributed by atoms with Crippen LogP contribution < -0.4 is 11.5 Å². The van der Waals surface area contributed by atoms with Gasteiger partial charge in [0.25, 0.3) is 0 Å². The summed E-state index contributed by atoms with van der Waals surface area (Å²) >= 11 is 0. The number of hydrogen-bond donors (Lipinski definition) is 2. The largest absolute Gasteiger partial charge is 0.399 e. The lowest BCUT2D eigenvalue weighted by Crippen LogP contribution is -1.94. The lowest BCUT2D eigenvalue weighted by Gasteiger charge is -2.01. The Morgan fingerprint density at radius 3 is 2.57 bits per heavy atom. The van der Waals surface area contributed by atoms with Gasteiger partial charge in [0.1, 0.15) is 5.82 Å². The quantitative estimate of drug-likeness (QED) is 0.703. The average molecular weight is 186 g/mol. The van der Waals surface area contributed by atoms with Crippen LogP contribution in [0.3, 0.4) is 0 Å². The van der Waals surface area contributed by atoms with Crippen LogP contribution in [-0.2, 0) is 0 Å². The van der Waals surface area contributed by atoms with Crippen LogP contribution in [0.2, 0.25) is 0 Å². The molecule has 0 aliphatic heterocycles. The molecule has 0 radical (unpaired) electrons. The van der Waals surface area contributed by atoms with Gasteiger partial charge < -0.3 is 11.5 Å². The van der Waals surface area contributed by atoms with E-state index in [4.69, 9.17) is 11.5 Å². The van der Waals surface area contributed by atoms with E-state index in [1.165, 1.54) is 0 Å². The molecule has 2 aromatic heterocycles. The highest BCUT2D eigenvalue weighted by molar-refractivity contribution is 5.60. The first-order valence-electron chi connectivity index (χ1n) is 4.20. The monoisotopic (exact) mass is 186 g/mol. The summed E-state index contributed by atoms with van der Waals surface area (Å²) in [7, 11) is 0. The topological polar surface area (TPSA) is 77.8 Å². The summed E-state index contributed by atoms with van der Waals surface area (Å²) in [6.07, 6.45) is 1.65. The number of pyridine rings is 2. The number of nitrogens with two attached hydrogens (primary N) is 2. The first kappa shape index (κ1) is 8.50. The van der Waals surface area contributed by atoms with Crippen LogP contribution >= 0.6 is 0 Å². The van der Waals surface area contributed by atoms with Gasteiger partial charge in [-0.05, 0) is 24.3 Å². The highest BCUT2D eigenvalue weighted by Gasteiger charge is 2.00. The van der Waals surface area contributed by atoms with E-state index in [0.717, 1.165) is 11.4 Å². The summed E-state index contributed by atoms with van der Waals surface area (Å²) in [5.41, 5.74) is 13.3. The van der Waals surface area contributed by atoms with Gasteiger partial charge in [0.05, 0.1) is 11.4 Å². The highest BCUT2D eigenvalue weighted by atomic mass is 14.9.